The number of hydrogen-bond acceptors (Lipinski definition) is 7. The molecule has 0 aromatic heterocycles. The van der Waals surface area contributed by atoms with E-state index in [0.717, 1.165) is 0 Å². The summed E-state index contributed by atoms with van der Waals surface area (Å²) in [6, 6.07) is 8.58. The summed E-state index contributed by atoms with van der Waals surface area (Å²) < 4.78 is 20.6. The van der Waals surface area contributed by atoms with Gasteiger partial charge in [0.25, 0.3) is 5.69 Å². The molecule has 0 aliphatic carbocycles. The highest BCUT2D eigenvalue weighted by Gasteiger charge is 2.13. The van der Waals surface area contributed by atoms with Gasteiger partial charge in [-0.25, -0.2) is 4.79 Å². The maximum atomic E-state index is 11.9. The third kappa shape index (κ3) is 5.65. The van der Waals surface area contributed by atoms with Gasteiger partial charge >= 0.3 is 6.09 Å². The number of rotatable bonds is 8. The molecule has 27 heavy (non-hydrogen) atoms. The quantitative estimate of drug-likeness (QED) is 0.409. The lowest BCUT2D eigenvalue weighted by molar-refractivity contribution is -0.384. The van der Waals surface area contributed by atoms with Gasteiger partial charge in [-0.2, -0.15) is 0 Å². The lowest BCUT2D eigenvalue weighted by atomic mass is 10.2. The average Bonchev–Trinajstić information content (AvgIpc) is 2.66. The summed E-state index contributed by atoms with van der Waals surface area (Å²) in [5.74, 6) is 1.19. The summed E-state index contributed by atoms with van der Waals surface area (Å²) in [6.07, 6.45) is -0.721. The molecule has 0 atom stereocenters. The highest BCUT2D eigenvalue weighted by atomic mass is 35.5. The average molecular weight is 397 g/mol. The van der Waals surface area contributed by atoms with Crippen LogP contribution in [0.5, 0.6) is 17.2 Å². The number of carbonyl (C=O) groups is 1. The Kier molecular flexibility index (Phi) is 7.07. The van der Waals surface area contributed by atoms with E-state index in [4.69, 9.17) is 30.5 Å². The number of nitro groups is 1. The number of carbonyl (C=O) groups excluding carboxylic acids is 1. The van der Waals surface area contributed by atoms with E-state index in [2.05, 4.69) is 5.32 Å². The van der Waals surface area contributed by atoms with Crippen LogP contribution in [-0.4, -0.2) is 38.4 Å². The molecule has 9 nitrogen and oxygen atoms in total. The van der Waals surface area contributed by atoms with E-state index in [1.807, 2.05) is 0 Å². The number of hydrogen-bond donors (Lipinski definition) is 1. The number of amides is 1. The first-order chi connectivity index (χ1) is 12.9. The van der Waals surface area contributed by atoms with E-state index in [9.17, 15) is 14.9 Å². The molecule has 0 spiro atoms. The third-order valence-corrected chi connectivity index (χ3v) is 3.64. The Morgan fingerprint density at radius 1 is 1.11 bits per heavy atom. The zero-order chi connectivity index (χ0) is 19.8. The Bertz CT molecular complexity index is 812. The molecule has 0 saturated heterocycles. The molecule has 0 heterocycles. The molecule has 2 aromatic rings. The smallest absolute Gasteiger partial charge is 0.411 e. The van der Waals surface area contributed by atoms with Crippen molar-refractivity contribution in [3.05, 3.63) is 51.5 Å². The summed E-state index contributed by atoms with van der Waals surface area (Å²) in [5, 5.41) is 13.4. The number of halogens is 1. The Labute approximate surface area is 159 Å². The number of nitrogens with one attached hydrogen (secondary N) is 1. The van der Waals surface area contributed by atoms with Gasteiger partial charge in [-0.1, -0.05) is 11.6 Å². The molecule has 0 fully saturated rings. The van der Waals surface area contributed by atoms with Crippen LogP contribution in [0.25, 0.3) is 0 Å². The number of benzene rings is 2. The van der Waals surface area contributed by atoms with Crippen LogP contribution >= 0.6 is 11.6 Å². The molecule has 0 bridgehead atoms. The van der Waals surface area contributed by atoms with E-state index < -0.39 is 11.0 Å². The normalized spacial score (nSPS) is 10.0. The van der Waals surface area contributed by atoms with Crippen molar-refractivity contribution in [2.75, 3.05) is 32.8 Å². The Hall–Kier alpha value is -3.20. The van der Waals surface area contributed by atoms with Gasteiger partial charge in [0.05, 0.1) is 29.9 Å². The molecule has 1 N–H and O–H groups in total. The van der Waals surface area contributed by atoms with Crippen LogP contribution in [0.15, 0.2) is 36.4 Å². The molecular weight excluding hydrogens is 380 g/mol. The van der Waals surface area contributed by atoms with Gasteiger partial charge in [0, 0.05) is 18.2 Å². The number of methoxy groups -OCH3 is 2. The Balaban J connectivity index is 1.82. The number of nitro benzene ring substituents is 1. The zero-order valence-electron chi connectivity index (χ0n) is 14.6. The topological polar surface area (TPSA) is 109 Å². The van der Waals surface area contributed by atoms with Crippen molar-refractivity contribution < 1.29 is 28.7 Å². The standard InChI is InChI=1S/C17H17ClN2O7/c1-24-15-10-16(25-2)14(9-13(15)18)19-17(21)27-8-7-26-12-5-3-11(4-6-12)20(22)23/h3-6,9-10H,7-8H2,1-2H3,(H,19,21). The summed E-state index contributed by atoms with van der Waals surface area (Å²) in [5.41, 5.74) is 0.287. The Morgan fingerprint density at radius 2 is 1.78 bits per heavy atom. The van der Waals surface area contributed by atoms with Crippen LogP contribution in [0, 0.1) is 10.1 Å². The second-order valence-electron chi connectivity index (χ2n) is 5.05. The van der Waals surface area contributed by atoms with E-state index in [1.165, 1.54) is 50.6 Å². The monoisotopic (exact) mass is 396 g/mol. The highest BCUT2D eigenvalue weighted by Crippen LogP contribution is 2.35. The predicted octanol–water partition coefficient (Wildman–Crippen LogP) is 3.89. The van der Waals surface area contributed by atoms with Gasteiger partial charge in [0.15, 0.2) is 0 Å². The van der Waals surface area contributed by atoms with Gasteiger partial charge < -0.3 is 18.9 Å². The molecule has 10 heteroatoms. The molecular formula is C17H17ClN2O7. The largest absolute Gasteiger partial charge is 0.495 e. The van der Waals surface area contributed by atoms with Crippen molar-refractivity contribution >= 4 is 29.1 Å². The van der Waals surface area contributed by atoms with Crippen LogP contribution in [-0.2, 0) is 4.74 Å². The minimum Gasteiger partial charge on any atom is -0.495 e. The van der Waals surface area contributed by atoms with Crippen LogP contribution in [0.3, 0.4) is 0 Å². The fourth-order valence-electron chi connectivity index (χ4n) is 2.06. The molecule has 1 amide bonds. The van der Waals surface area contributed by atoms with Gasteiger partial charge in [0.1, 0.15) is 30.5 Å². The van der Waals surface area contributed by atoms with E-state index in [1.54, 1.807) is 0 Å². The molecule has 0 saturated carbocycles. The van der Waals surface area contributed by atoms with Crippen LogP contribution in [0.4, 0.5) is 16.2 Å². The van der Waals surface area contributed by atoms with E-state index >= 15 is 0 Å². The molecule has 0 aliphatic heterocycles. The second-order valence-corrected chi connectivity index (χ2v) is 5.45. The maximum absolute atomic E-state index is 11.9. The van der Waals surface area contributed by atoms with Crippen LogP contribution in [0.1, 0.15) is 0 Å². The van der Waals surface area contributed by atoms with E-state index in [0.29, 0.717) is 28.0 Å². The van der Waals surface area contributed by atoms with E-state index in [-0.39, 0.29) is 18.9 Å². The first kappa shape index (κ1) is 20.1. The maximum Gasteiger partial charge on any atom is 0.411 e. The van der Waals surface area contributed by atoms with Crippen molar-refractivity contribution in [1.29, 1.82) is 0 Å². The number of nitrogens with zero attached hydrogens (tertiary/aromatic N) is 1. The van der Waals surface area contributed by atoms with Crippen LogP contribution < -0.4 is 19.5 Å². The first-order valence-electron chi connectivity index (χ1n) is 7.67. The SMILES string of the molecule is COc1cc(OC)c(NC(=O)OCCOc2ccc([N+](=O)[O-])cc2)cc1Cl. The lowest BCUT2D eigenvalue weighted by Gasteiger charge is -2.13. The summed E-state index contributed by atoms with van der Waals surface area (Å²) in [7, 11) is 2.91. The summed E-state index contributed by atoms with van der Waals surface area (Å²) >= 11 is 6.03. The fourth-order valence-corrected chi connectivity index (χ4v) is 2.30. The van der Waals surface area contributed by atoms with Gasteiger partial charge in [-0.3, -0.25) is 15.4 Å². The Morgan fingerprint density at radius 3 is 2.37 bits per heavy atom. The minimum absolute atomic E-state index is 0.0327. The predicted molar refractivity (Wildman–Crippen MR) is 98.1 cm³/mol. The minimum atomic E-state index is -0.721. The molecule has 144 valence electrons. The number of ether oxygens (including phenoxy) is 4. The zero-order valence-corrected chi connectivity index (χ0v) is 15.3. The third-order valence-electron chi connectivity index (χ3n) is 3.34. The van der Waals surface area contributed by atoms with Crippen molar-refractivity contribution in [1.82, 2.24) is 0 Å². The first-order valence-corrected chi connectivity index (χ1v) is 8.05. The second kappa shape index (κ2) is 9.48. The number of non-ortho nitro benzene ring substituents is 1. The fraction of sp³-hybridized carbons (Fsp3) is 0.235. The highest BCUT2D eigenvalue weighted by molar-refractivity contribution is 6.32. The summed E-state index contributed by atoms with van der Waals surface area (Å²) in [4.78, 5) is 22.0. The van der Waals surface area contributed by atoms with Crippen LogP contribution in [0.2, 0.25) is 5.02 Å². The van der Waals surface area contributed by atoms with Crippen molar-refractivity contribution in [3.63, 3.8) is 0 Å². The van der Waals surface area contributed by atoms with Crippen molar-refractivity contribution in [3.8, 4) is 17.2 Å². The summed E-state index contributed by atoms with van der Waals surface area (Å²) in [6.45, 7) is 0.0424. The van der Waals surface area contributed by atoms with Gasteiger partial charge in [-0.05, 0) is 18.2 Å². The van der Waals surface area contributed by atoms with Gasteiger partial charge in [-0.15, -0.1) is 0 Å². The molecule has 2 aromatic carbocycles. The van der Waals surface area contributed by atoms with Crippen molar-refractivity contribution in [2.24, 2.45) is 0 Å². The molecule has 2 rings (SSSR count). The van der Waals surface area contributed by atoms with Gasteiger partial charge in [0.2, 0.25) is 0 Å². The van der Waals surface area contributed by atoms with Crippen molar-refractivity contribution in [2.45, 2.75) is 0 Å². The lowest BCUT2D eigenvalue weighted by Crippen LogP contribution is -2.18. The molecule has 0 aliphatic rings. The molecule has 0 unspecified atom stereocenters. The molecule has 0 radical (unpaired) electrons. The number of anilines is 1.